The highest BCUT2D eigenvalue weighted by atomic mass is 19.1. The van der Waals surface area contributed by atoms with Crippen LogP contribution in [0.1, 0.15) is 16.2 Å². The summed E-state index contributed by atoms with van der Waals surface area (Å²) < 4.78 is 15.5. The third-order valence-corrected chi connectivity index (χ3v) is 3.11. The van der Waals surface area contributed by atoms with E-state index in [1.54, 1.807) is 35.7 Å². The summed E-state index contributed by atoms with van der Waals surface area (Å²) in [6.45, 7) is 1.76. The van der Waals surface area contributed by atoms with Crippen LogP contribution in [0.2, 0.25) is 0 Å². The van der Waals surface area contributed by atoms with Crippen LogP contribution in [0, 0.1) is 12.7 Å². The van der Waals surface area contributed by atoms with Crippen molar-refractivity contribution in [2.45, 2.75) is 6.92 Å². The maximum absolute atomic E-state index is 13.9. The average Bonchev–Trinajstić information content (AvgIpc) is 2.76. The minimum absolute atomic E-state index is 0.154. The normalized spacial score (nSPS) is 10.9. The van der Waals surface area contributed by atoms with Crippen molar-refractivity contribution in [1.82, 2.24) is 14.4 Å². The number of carbonyl (C=O) groups is 1. The summed E-state index contributed by atoms with van der Waals surface area (Å²) in [5.41, 5.74) is 1.47. The first-order valence-electron chi connectivity index (χ1n) is 5.91. The van der Waals surface area contributed by atoms with E-state index in [0.29, 0.717) is 17.0 Å². The van der Waals surface area contributed by atoms with Gasteiger partial charge in [0.2, 0.25) is 0 Å². The molecule has 0 aliphatic heterocycles. The van der Waals surface area contributed by atoms with Crippen LogP contribution in [0.3, 0.4) is 0 Å². The average molecular weight is 271 g/mol. The molecule has 0 radical (unpaired) electrons. The summed E-state index contributed by atoms with van der Waals surface area (Å²) in [4.78, 5) is 19.2. The first kappa shape index (κ1) is 12.3. The number of aromatic carboxylic acids is 1. The van der Waals surface area contributed by atoms with E-state index in [1.807, 2.05) is 0 Å². The summed E-state index contributed by atoms with van der Waals surface area (Å²) in [6.07, 6.45) is 2.99. The van der Waals surface area contributed by atoms with Crippen molar-refractivity contribution in [2.24, 2.45) is 0 Å². The molecule has 5 nitrogen and oxygen atoms in total. The third kappa shape index (κ3) is 1.73. The van der Waals surface area contributed by atoms with Gasteiger partial charge in [-0.15, -0.1) is 0 Å². The fraction of sp³-hybridized carbons (Fsp3) is 0.0714. The van der Waals surface area contributed by atoms with Gasteiger partial charge in [0.25, 0.3) is 0 Å². The Labute approximate surface area is 113 Å². The van der Waals surface area contributed by atoms with Crippen LogP contribution in [0.25, 0.3) is 16.9 Å². The van der Waals surface area contributed by atoms with E-state index in [2.05, 4.69) is 9.97 Å². The zero-order valence-electron chi connectivity index (χ0n) is 10.5. The standard InChI is InChI=1S/C14H10FN3O2/c1-8-11(9-4-2-3-5-10(9)15)17-13-12(14(19)20)16-6-7-18(8)13/h2-7H,1H3,(H,19,20). The molecule has 0 unspecified atom stereocenters. The minimum Gasteiger partial charge on any atom is -0.476 e. The van der Waals surface area contributed by atoms with E-state index in [9.17, 15) is 9.18 Å². The molecule has 0 bridgehead atoms. The van der Waals surface area contributed by atoms with Gasteiger partial charge in [0, 0.05) is 23.7 Å². The lowest BCUT2D eigenvalue weighted by Gasteiger charge is -2.00. The molecule has 1 N–H and O–H groups in total. The number of halogens is 1. The van der Waals surface area contributed by atoms with Crippen molar-refractivity contribution in [1.29, 1.82) is 0 Å². The van der Waals surface area contributed by atoms with E-state index in [4.69, 9.17) is 5.11 Å². The van der Waals surface area contributed by atoms with Crippen LogP contribution < -0.4 is 0 Å². The highest BCUT2D eigenvalue weighted by Gasteiger charge is 2.18. The Balaban J connectivity index is 2.34. The molecule has 100 valence electrons. The maximum atomic E-state index is 13.9. The zero-order chi connectivity index (χ0) is 14.3. The number of hydrogen-bond acceptors (Lipinski definition) is 3. The molecule has 2 aromatic heterocycles. The molecule has 2 heterocycles. The quantitative estimate of drug-likeness (QED) is 0.777. The highest BCUT2D eigenvalue weighted by molar-refractivity contribution is 5.92. The Morgan fingerprint density at radius 3 is 2.80 bits per heavy atom. The molecule has 1 aromatic carbocycles. The molecule has 3 rings (SSSR count). The molecule has 0 aliphatic carbocycles. The Kier molecular flexibility index (Phi) is 2.71. The number of carboxylic acid groups (broad SMARTS) is 1. The van der Waals surface area contributed by atoms with Gasteiger partial charge in [0.15, 0.2) is 11.3 Å². The number of carboxylic acids is 1. The molecule has 20 heavy (non-hydrogen) atoms. The van der Waals surface area contributed by atoms with E-state index >= 15 is 0 Å². The fourth-order valence-electron chi connectivity index (χ4n) is 2.15. The van der Waals surface area contributed by atoms with Crippen molar-refractivity contribution >= 4 is 11.6 Å². The number of rotatable bonds is 2. The highest BCUT2D eigenvalue weighted by Crippen LogP contribution is 2.26. The van der Waals surface area contributed by atoms with Gasteiger partial charge in [0.05, 0.1) is 5.69 Å². The number of fused-ring (bicyclic) bond motifs is 1. The topological polar surface area (TPSA) is 67.5 Å². The summed E-state index contributed by atoms with van der Waals surface area (Å²) >= 11 is 0. The first-order valence-corrected chi connectivity index (χ1v) is 5.91. The van der Waals surface area contributed by atoms with Crippen LogP contribution in [-0.4, -0.2) is 25.4 Å². The molecule has 0 fully saturated rings. The second-order valence-corrected chi connectivity index (χ2v) is 4.30. The summed E-state index contributed by atoms with van der Waals surface area (Å²) in [6, 6.07) is 6.25. The monoisotopic (exact) mass is 271 g/mol. The molecular formula is C14H10FN3O2. The Morgan fingerprint density at radius 1 is 1.35 bits per heavy atom. The van der Waals surface area contributed by atoms with E-state index in [1.165, 1.54) is 12.3 Å². The van der Waals surface area contributed by atoms with Crippen LogP contribution in [0.15, 0.2) is 36.7 Å². The predicted molar refractivity (Wildman–Crippen MR) is 70.1 cm³/mol. The largest absolute Gasteiger partial charge is 0.476 e. The molecule has 0 saturated carbocycles. The maximum Gasteiger partial charge on any atom is 0.358 e. The Morgan fingerprint density at radius 2 is 2.10 bits per heavy atom. The predicted octanol–water partition coefficient (Wildman–Crippen LogP) is 2.54. The number of aryl methyl sites for hydroxylation is 1. The van der Waals surface area contributed by atoms with Gasteiger partial charge in [-0.05, 0) is 19.1 Å². The summed E-state index contributed by atoms with van der Waals surface area (Å²) in [5, 5.41) is 9.12. The summed E-state index contributed by atoms with van der Waals surface area (Å²) in [7, 11) is 0. The van der Waals surface area contributed by atoms with Crippen LogP contribution in [-0.2, 0) is 0 Å². The van der Waals surface area contributed by atoms with Crippen molar-refractivity contribution in [3.63, 3.8) is 0 Å². The molecular weight excluding hydrogens is 261 g/mol. The lowest BCUT2D eigenvalue weighted by molar-refractivity contribution is 0.0692. The zero-order valence-corrected chi connectivity index (χ0v) is 10.5. The molecule has 0 saturated heterocycles. The number of hydrogen-bond donors (Lipinski definition) is 1. The van der Waals surface area contributed by atoms with E-state index in [0.717, 1.165) is 0 Å². The van der Waals surface area contributed by atoms with Gasteiger partial charge in [0.1, 0.15) is 5.82 Å². The molecule has 0 amide bonds. The van der Waals surface area contributed by atoms with Crippen molar-refractivity contribution < 1.29 is 14.3 Å². The third-order valence-electron chi connectivity index (χ3n) is 3.11. The number of nitrogens with zero attached hydrogens (tertiary/aromatic N) is 3. The van der Waals surface area contributed by atoms with Gasteiger partial charge in [-0.25, -0.2) is 19.2 Å². The second kappa shape index (κ2) is 4.41. The van der Waals surface area contributed by atoms with Crippen molar-refractivity contribution in [3.05, 3.63) is 53.9 Å². The summed E-state index contributed by atoms with van der Waals surface area (Å²) in [5.74, 6) is -1.57. The number of aromatic nitrogens is 3. The van der Waals surface area contributed by atoms with Crippen LogP contribution in [0.5, 0.6) is 0 Å². The van der Waals surface area contributed by atoms with Crippen LogP contribution >= 0.6 is 0 Å². The second-order valence-electron chi connectivity index (χ2n) is 4.30. The molecule has 6 heteroatoms. The van der Waals surface area contributed by atoms with Gasteiger partial charge in [-0.1, -0.05) is 12.1 Å². The van der Waals surface area contributed by atoms with Crippen LogP contribution in [0.4, 0.5) is 4.39 Å². The van der Waals surface area contributed by atoms with Crippen molar-refractivity contribution in [2.75, 3.05) is 0 Å². The lowest BCUT2D eigenvalue weighted by Crippen LogP contribution is -2.04. The molecule has 0 atom stereocenters. The number of imidazole rings is 1. The fourth-order valence-corrected chi connectivity index (χ4v) is 2.15. The molecule has 0 aliphatic rings. The van der Waals surface area contributed by atoms with Gasteiger partial charge < -0.3 is 9.51 Å². The Hall–Kier alpha value is -2.76. The molecule has 0 spiro atoms. The van der Waals surface area contributed by atoms with Gasteiger partial charge in [-0.2, -0.15) is 0 Å². The Bertz CT molecular complexity index is 826. The number of benzene rings is 1. The van der Waals surface area contributed by atoms with Gasteiger partial charge >= 0.3 is 5.97 Å². The van der Waals surface area contributed by atoms with E-state index in [-0.39, 0.29) is 11.3 Å². The van der Waals surface area contributed by atoms with Crippen molar-refractivity contribution in [3.8, 4) is 11.3 Å². The van der Waals surface area contributed by atoms with E-state index < -0.39 is 11.8 Å². The smallest absolute Gasteiger partial charge is 0.358 e. The first-order chi connectivity index (χ1) is 9.59. The molecule has 3 aromatic rings. The lowest BCUT2D eigenvalue weighted by atomic mass is 10.1. The van der Waals surface area contributed by atoms with Gasteiger partial charge in [-0.3, -0.25) is 0 Å². The SMILES string of the molecule is Cc1c(-c2ccccc2F)nc2c(C(=O)O)nccn12. The minimum atomic E-state index is -1.17.